The van der Waals surface area contributed by atoms with Crippen LogP contribution in [0.2, 0.25) is 0 Å². The number of urea groups is 1. The molecule has 8 heteroatoms. The number of carbonyl (C=O) groups excluding carboxylic acids is 1. The minimum absolute atomic E-state index is 0.0423. The third-order valence-electron chi connectivity index (χ3n) is 4.96. The molecule has 27 heavy (non-hydrogen) atoms. The number of amides is 2. The summed E-state index contributed by atoms with van der Waals surface area (Å²) < 4.78 is 31.3. The van der Waals surface area contributed by atoms with E-state index < -0.39 is 16.2 Å². The van der Waals surface area contributed by atoms with E-state index >= 15 is 0 Å². The van der Waals surface area contributed by atoms with Crippen molar-refractivity contribution in [3.8, 4) is 0 Å². The molecule has 4 rings (SSSR count). The van der Waals surface area contributed by atoms with E-state index in [9.17, 15) is 13.2 Å². The van der Waals surface area contributed by atoms with Crippen molar-refractivity contribution in [1.82, 2.24) is 4.90 Å². The topological polar surface area (TPSA) is 66.9 Å². The third kappa shape index (κ3) is 3.61. The van der Waals surface area contributed by atoms with Gasteiger partial charge < -0.3 is 4.90 Å². The molecule has 2 atom stereocenters. The number of hydrogen-bond donors (Lipinski definition) is 0. The van der Waals surface area contributed by atoms with E-state index in [-0.39, 0.29) is 23.5 Å². The molecule has 2 heterocycles. The fourth-order valence-corrected chi connectivity index (χ4v) is 4.91. The largest absolute Gasteiger partial charge is 0.324 e. The van der Waals surface area contributed by atoms with Crippen molar-refractivity contribution >= 4 is 37.8 Å². The van der Waals surface area contributed by atoms with Crippen LogP contribution in [-0.2, 0) is 14.3 Å². The molecule has 2 fully saturated rings. The van der Waals surface area contributed by atoms with Crippen molar-refractivity contribution in [2.45, 2.75) is 30.4 Å². The normalized spacial score (nSPS) is 22.4. The van der Waals surface area contributed by atoms with Gasteiger partial charge in [-0.05, 0) is 49.7 Å². The summed E-state index contributed by atoms with van der Waals surface area (Å²) in [6, 6.07) is 14.0. The van der Waals surface area contributed by atoms with Gasteiger partial charge in [-0.1, -0.05) is 33.6 Å². The molecule has 0 radical (unpaired) electrons. The highest BCUT2D eigenvalue weighted by atomic mass is 79.9. The molecule has 0 spiro atoms. The molecular formula is C19H19BrN2O4S. The Labute approximate surface area is 167 Å². The SMILES string of the molecule is Cc1ccc(S(=O)(=O)OC2CC3CN(c4ccc(Br)cc4)C(=O)N3C2)cc1. The molecule has 2 amide bonds. The Kier molecular flexibility index (Phi) is 4.73. The quantitative estimate of drug-likeness (QED) is 0.667. The highest BCUT2D eigenvalue weighted by molar-refractivity contribution is 9.10. The van der Waals surface area contributed by atoms with Crippen molar-refractivity contribution in [3.05, 3.63) is 58.6 Å². The predicted molar refractivity (Wildman–Crippen MR) is 105 cm³/mol. The van der Waals surface area contributed by atoms with E-state index in [4.69, 9.17) is 4.18 Å². The maximum absolute atomic E-state index is 12.7. The number of rotatable bonds is 4. The molecule has 0 aliphatic carbocycles. The zero-order chi connectivity index (χ0) is 19.2. The summed E-state index contributed by atoms with van der Waals surface area (Å²) in [4.78, 5) is 16.3. The van der Waals surface area contributed by atoms with Crippen LogP contribution in [0.5, 0.6) is 0 Å². The number of fused-ring (bicyclic) bond motifs is 1. The molecule has 2 unspecified atom stereocenters. The first-order valence-electron chi connectivity index (χ1n) is 8.67. The molecule has 0 bridgehead atoms. The lowest BCUT2D eigenvalue weighted by molar-refractivity contribution is 0.197. The van der Waals surface area contributed by atoms with Gasteiger partial charge >= 0.3 is 6.03 Å². The van der Waals surface area contributed by atoms with E-state index in [1.807, 2.05) is 31.2 Å². The standard InChI is InChI=1S/C19H19BrN2O4S/c1-13-2-8-18(9-3-13)27(24,25)26-17-10-16-11-21(19(23)22(16)12-17)15-6-4-14(20)5-7-15/h2-9,16-17H,10-12H2,1H3. The molecule has 2 aliphatic rings. The highest BCUT2D eigenvalue weighted by Gasteiger charge is 2.46. The maximum Gasteiger partial charge on any atom is 0.324 e. The summed E-state index contributed by atoms with van der Waals surface area (Å²) in [5, 5.41) is 0. The van der Waals surface area contributed by atoms with E-state index in [0.29, 0.717) is 13.0 Å². The first kappa shape index (κ1) is 18.5. The molecule has 0 saturated carbocycles. The average Bonchev–Trinajstić information content (AvgIpc) is 3.14. The van der Waals surface area contributed by atoms with Gasteiger partial charge in [0.1, 0.15) is 0 Å². The van der Waals surface area contributed by atoms with E-state index in [0.717, 1.165) is 15.7 Å². The van der Waals surface area contributed by atoms with Gasteiger partial charge in [0.2, 0.25) is 0 Å². The van der Waals surface area contributed by atoms with Crippen LogP contribution in [0, 0.1) is 6.92 Å². The molecule has 2 saturated heterocycles. The Bertz CT molecular complexity index is 960. The molecule has 2 aliphatic heterocycles. The number of nitrogens with zero attached hydrogens (tertiary/aromatic N) is 2. The Morgan fingerprint density at radius 2 is 1.70 bits per heavy atom. The van der Waals surface area contributed by atoms with Gasteiger partial charge in [0.15, 0.2) is 0 Å². The zero-order valence-corrected chi connectivity index (χ0v) is 17.1. The second kappa shape index (κ2) is 6.92. The van der Waals surface area contributed by atoms with Crippen LogP contribution in [-0.4, -0.2) is 44.6 Å². The van der Waals surface area contributed by atoms with Crippen LogP contribution in [0.1, 0.15) is 12.0 Å². The fraction of sp³-hybridized carbons (Fsp3) is 0.316. The second-order valence-corrected chi connectivity index (χ2v) is 9.38. The number of carbonyl (C=O) groups is 1. The maximum atomic E-state index is 12.7. The van der Waals surface area contributed by atoms with Gasteiger partial charge in [-0.2, -0.15) is 8.42 Å². The van der Waals surface area contributed by atoms with E-state index in [1.165, 1.54) is 0 Å². The van der Waals surface area contributed by atoms with Crippen LogP contribution in [0.15, 0.2) is 57.9 Å². The number of aryl methyl sites for hydroxylation is 1. The summed E-state index contributed by atoms with van der Waals surface area (Å²) >= 11 is 3.39. The first-order chi connectivity index (χ1) is 12.8. The van der Waals surface area contributed by atoms with Crippen molar-refractivity contribution in [1.29, 1.82) is 0 Å². The Morgan fingerprint density at radius 3 is 2.33 bits per heavy atom. The summed E-state index contributed by atoms with van der Waals surface area (Å²) in [5.41, 5.74) is 1.82. The Balaban J connectivity index is 1.44. The minimum atomic E-state index is -3.84. The zero-order valence-electron chi connectivity index (χ0n) is 14.7. The lowest BCUT2D eigenvalue weighted by atomic mass is 10.2. The number of anilines is 1. The van der Waals surface area contributed by atoms with Gasteiger partial charge in [0.25, 0.3) is 10.1 Å². The van der Waals surface area contributed by atoms with Crippen molar-refractivity contribution < 1.29 is 17.4 Å². The van der Waals surface area contributed by atoms with Crippen LogP contribution >= 0.6 is 15.9 Å². The molecular weight excluding hydrogens is 432 g/mol. The van der Waals surface area contributed by atoms with Crippen LogP contribution in [0.25, 0.3) is 0 Å². The summed E-state index contributed by atoms with van der Waals surface area (Å²) in [6.45, 7) is 2.71. The van der Waals surface area contributed by atoms with Gasteiger partial charge in [-0.15, -0.1) is 0 Å². The van der Waals surface area contributed by atoms with Crippen molar-refractivity contribution in [3.63, 3.8) is 0 Å². The van der Waals surface area contributed by atoms with Crippen LogP contribution < -0.4 is 4.90 Å². The number of benzene rings is 2. The highest BCUT2D eigenvalue weighted by Crippen LogP contribution is 2.33. The van der Waals surface area contributed by atoms with E-state index in [2.05, 4.69) is 15.9 Å². The smallest absolute Gasteiger partial charge is 0.317 e. The summed E-state index contributed by atoms with van der Waals surface area (Å²) in [6.07, 6.45) is -0.0125. The molecule has 0 aromatic heterocycles. The minimum Gasteiger partial charge on any atom is -0.317 e. The van der Waals surface area contributed by atoms with E-state index in [1.54, 1.807) is 34.1 Å². The van der Waals surface area contributed by atoms with Crippen LogP contribution in [0.4, 0.5) is 10.5 Å². The predicted octanol–water partition coefficient (Wildman–Crippen LogP) is 3.55. The Hall–Kier alpha value is -1.90. The fourth-order valence-electron chi connectivity index (χ4n) is 3.57. The first-order valence-corrected chi connectivity index (χ1v) is 10.9. The third-order valence-corrected chi connectivity index (χ3v) is 6.86. The van der Waals surface area contributed by atoms with Crippen molar-refractivity contribution in [2.24, 2.45) is 0 Å². The molecule has 0 N–H and O–H groups in total. The van der Waals surface area contributed by atoms with Gasteiger partial charge in [0.05, 0.1) is 23.6 Å². The number of halogens is 1. The molecule has 2 aromatic rings. The molecule has 6 nitrogen and oxygen atoms in total. The van der Waals surface area contributed by atoms with Crippen LogP contribution in [0.3, 0.4) is 0 Å². The Morgan fingerprint density at radius 1 is 1.04 bits per heavy atom. The summed E-state index contributed by atoms with van der Waals surface area (Å²) in [7, 11) is -3.84. The molecule has 142 valence electrons. The summed E-state index contributed by atoms with van der Waals surface area (Å²) in [5.74, 6) is 0. The van der Waals surface area contributed by atoms with Gasteiger partial charge in [0, 0.05) is 16.7 Å². The van der Waals surface area contributed by atoms with Crippen molar-refractivity contribution in [2.75, 3.05) is 18.0 Å². The number of hydrogen-bond acceptors (Lipinski definition) is 4. The van der Waals surface area contributed by atoms with Gasteiger partial charge in [-0.25, -0.2) is 4.79 Å². The van der Waals surface area contributed by atoms with Gasteiger partial charge in [-0.3, -0.25) is 9.08 Å². The molecule has 2 aromatic carbocycles. The lowest BCUT2D eigenvalue weighted by Gasteiger charge is -2.19. The second-order valence-electron chi connectivity index (χ2n) is 6.90. The average molecular weight is 451 g/mol. The monoisotopic (exact) mass is 450 g/mol. The lowest BCUT2D eigenvalue weighted by Crippen LogP contribution is -2.34.